The number of phenolic OH excluding ortho intramolecular Hbond substituents is 1. The zero-order chi connectivity index (χ0) is 20.4. The summed E-state index contributed by atoms with van der Waals surface area (Å²) in [5.41, 5.74) is -0.648. The van der Waals surface area contributed by atoms with Gasteiger partial charge in [0.25, 0.3) is 5.69 Å². The van der Waals surface area contributed by atoms with E-state index < -0.39 is 27.0 Å². The minimum absolute atomic E-state index is 0.192. The molecule has 0 radical (unpaired) electrons. The summed E-state index contributed by atoms with van der Waals surface area (Å²) in [5.74, 6) is -1.06. The Morgan fingerprint density at radius 3 is 2.39 bits per heavy atom. The highest BCUT2D eigenvalue weighted by molar-refractivity contribution is 5.87. The molecular weight excluding hydrogens is 370 g/mol. The van der Waals surface area contributed by atoms with Crippen molar-refractivity contribution in [2.45, 2.75) is 6.92 Å². The highest BCUT2D eigenvalue weighted by Crippen LogP contribution is 2.39. The number of hydrogen-bond acceptors (Lipinski definition) is 8. The number of nitro groups is 2. The Morgan fingerprint density at radius 1 is 1.11 bits per heavy atom. The lowest BCUT2D eigenvalue weighted by Gasteiger charge is -2.02. The number of hydrogen-bond donors (Lipinski definition) is 2. The van der Waals surface area contributed by atoms with Gasteiger partial charge < -0.3 is 10.2 Å². The minimum atomic E-state index is -0.947. The number of benzene rings is 2. The lowest BCUT2D eigenvalue weighted by molar-refractivity contribution is -0.394. The van der Waals surface area contributed by atoms with Gasteiger partial charge in [0.15, 0.2) is 0 Å². The van der Waals surface area contributed by atoms with E-state index in [1.54, 1.807) is 37.3 Å². The van der Waals surface area contributed by atoms with E-state index in [0.29, 0.717) is 17.4 Å². The van der Waals surface area contributed by atoms with Crippen molar-refractivity contribution in [1.82, 2.24) is 9.78 Å². The molecule has 3 rings (SSSR count). The van der Waals surface area contributed by atoms with E-state index in [9.17, 15) is 30.4 Å². The molecule has 11 heteroatoms. The maximum Gasteiger partial charge on any atom is 0.319 e. The monoisotopic (exact) mass is 383 g/mol. The van der Waals surface area contributed by atoms with Gasteiger partial charge in [0, 0.05) is 12.3 Å². The van der Waals surface area contributed by atoms with Gasteiger partial charge in [0.1, 0.15) is 5.69 Å². The summed E-state index contributed by atoms with van der Waals surface area (Å²) in [4.78, 5) is 24.1. The number of rotatable bonds is 5. The molecule has 1 aromatic heterocycles. The van der Waals surface area contributed by atoms with Gasteiger partial charge >= 0.3 is 5.69 Å². The Bertz CT molecular complexity index is 1110. The topological polar surface area (TPSA) is 157 Å². The molecule has 0 fully saturated rings. The fourth-order valence-electron chi connectivity index (χ4n) is 2.49. The van der Waals surface area contributed by atoms with Crippen LogP contribution in [0, 0.1) is 27.2 Å². The largest absolute Gasteiger partial charge is 0.501 e. The number of nitro benzene ring substituents is 2. The number of aromatic nitrogens is 2. The Hall–Kier alpha value is -4.28. The molecule has 0 atom stereocenters. The van der Waals surface area contributed by atoms with Crippen molar-refractivity contribution in [3.05, 3.63) is 74.0 Å². The molecule has 0 aliphatic heterocycles. The molecule has 0 unspecified atom stereocenters. The van der Waals surface area contributed by atoms with E-state index in [2.05, 4.69) is 10.1 Å². The van der Waals surface area contributed by atoms with Gasteiger partial charge in [0.05, 0.1) is 32.9 Å². The Morgan fingerprint density at radius 2 is 1.79 bits per heavy atom. The van der Waals surface area contributed by atoms with E-state index in [1.165, 1.54) is 4.68 Å². The van der Waals surface area contributed by atoms with Gasteiger partial charge in [-0.25, -0.2) is 4.68 Å². The van der Waals surface area contributed by atoms with Crippen molar-refractivity contribution in [2.75, 3.05) is 0 Å². The lowest BCUT2D eigenvalue weighted by atomic mass is 10.2. The van der Waals surface area contributed by atoms with Gasteiger partial charge in [-0.3, -0.25) is 25.2 Å². The predicted octanol–water partition coefficient (Wildman–Crippen LogP) is 3.16. The number of nitrogens with zero attached hydrogens (tertiary/aromatic N) is 5. The second-order valence-corrected chi connectivity index (χ2v) is 5.68. The van der Waals surface area contributed by atoms with Crippen molar-refractivity contribution < 1.29 is 20.1 Å². The van der Waals surface area contributed by atoms with Crippen LogP contribution in [-0.4, -0.2) is 36.1 Å². The highest BCUT2D eigenvalue weighted by atomic mass is 16.6. The molecule has 1 heterocycles. The Kier molecular flexibility index (Phi) is 4.73. The number of aryl methyl sites for hydroxylation is 1. The van der Waals surface area contributed by atoms with E-state index in [0.717, 1.165) is 12.3 Å². The minimum Gasteiger partial charge on any atom is -0.501 e. The molecule has 0 aliphatic rings. The summed E-state index contributed by atoms with van der Waals surface area (Å²) >= 11 is 0. The van der Waals surface area contributed by atoms with E-state index in [-0.39, 0.29) is 17.1 Å². The van der Waals surface area contributed by atoms with Gasteiger partial charge in [-0.1, -0.05) is 18.2 Å². The molecule has 0 amide bonds. The number of phenols is 1. The number of aliphatic imine (C=N–C) groups is 1. The summed E-state index contributed by atoms with van der Waals surface area (Å²) in [6.07, 6.45) is 1.12. The standard InChI is InChI=1S/C17H13N5O6/c1-10-13(17(24)20(19-10)11-5-3-2-4-6-11)9-18-14-7-12(21(25)26)8-15(16(14)23)22(27)28/h2-9,23-24H,1H3/b18-9+. The molecule has 0 spiro atoms. The van der Waals surface area contributed by atoms with Crippen molar-refractivity contribution in [1.29, 1.82) is 0 Å². The maximum atomic E-state index is 11.0. The molecule has 2 aromatic carbocycles. The van der Waals surface area contributed by atoms with Gasteiger partial charge in [-0.15, -0.1) is 0 Å². The smallest absolute Gasteiger partial charge is 0.319 e. The van der Waals surface area contributed by atoms with Crippen LogP contribution < -0.4 is 0 Å². The molecule has 0 saturated carbocycles. The first-order chi connectivity index (χ1) is 13.3. The SMILES string of the molecule is Cc1nn(-c2ccccc2)c(O)c1/C=N/c1cc([N+](=O)[O-])cc([N+](=O)[O-])c1O. The summed E-state index contributed by atoms with van der Waals surface area (Å²) in [7, 11) is 0. The van der Waals surface area contributed by atoms with Gasteiger partial charge in [-0.05, 0) is 19.1 Å². The van der Waals surface area contributed by atoms with E-state index in [1.807, 2.05) is 0 Å². The van der Waals surface area contributed by atoms with Crippen LogP contribution in [0.4, 0.5) is 17.1 Å². The van der Waals surface area contributed by atoms with Crippen molar-refractivity contribution in [3.63, 3.8) is 0 Å². The zero-order valence-corrected chi connectivity index (χ0v) is 14.4. The molecule has 11 nitrogen and oxygen atoms in total. The van der Waals surface area contributed by atoms with Crippen molar-refractivity contribution in [2.24, 2.45) is 4.99 Å². The fourth-order valence-corrected chi connectivity index (χ4v) is 2.49. The Balaban J connectivity index is 2.07. The first-order valence-electron chi connectivity index (χ1n) is 7.83. The zero-order valence-electron chi connectivity index (χ0n) is 14.4. The summed E-state index contributed by atoms with van der Waals surface area (Å²) in [5, 5.41) is 46.6. The van der Waals surface area contributed by atoms with Crippen molar-refractivity contribution >= 4 is 23.3 Å². The highest BCUT2D eigenvalue weighted by Gasteiger charge is 2.24. The molecule has 3 aromatic rings. The van der Waals surface area contributed by atoms with E-state index in [4.69, 9.17) is 0 Å². The first-order valence-corrected chi connectivity index (χ1v) is 7.83. The van der Waals surface area contributed by atoms with E-state index >= 15 is 0 Å². The quantitative estimate of drug-likeness (QED) is 0.389. The number of non-ortho nitro benzene ring substituents is 1. The van der Waals surface area contributed by atoms with Crippen molar-refractivity contribution in [3.8, 4) is 17.3 Å². The molecule has 0 saturated heterocycles. The van der Waals surface area contributed by atoms with Crippen LogP contribution in [-0.2, 0) is 0 Å². The summed E-state index contributed by atoms with van der Waals surface area (Å²) < 4.78 is 1.27. The molecule has 28 heavy (non-hydrogen) atoms. The third-order valence-electron chi connectivity index (χ3n) is 3.88. The average molecular weight is 383 g/mol. The van der Waals surface area contributed by atoms with Crippen LogP contribution in [0.25, 0.3) is 5.69 Å². The third-order valence-corrected chi connectivity index (χ3v) is 3.88. The normalized spacial score (nSPS) is 11.0. The molecule has 2 N–H and O–H groups in total. The summed E-state index contributed by atoms with van der Waals surface area (Å²) in [6, 6.07) is 10.3. The molecule has 0 bridgehead atoms. The third kappa shape index (κ3) is 3.35. The van der Waals surface area contributed by atoms with Crippen LogP contribution >= 0.6 is 0 Å². The molecule has 142 valence electrons. The van der Waals surface area contributed by atoms with Gasteiger partial charge in [0.2, 0.25) is 11.6 Å². The van der Waals surface area contributed by atoms with Crippen LogP contribution in [0.1, 0.15) is 11.3 Å². The lowest BCUT2D eigenvalue weighted by Crippen LogP contribution is -1.95. The number of para-hydroxylation sites is 1. The second kappa shape index (κ2) is 7.15. The fraction of sp³-hybridized carbons (Fsp3) is 0.0588. The second-order valence-electron chi connectivity index (χ2n) is 5.68. The Labute approximate surface area is 157 Å². The van der Waals surface area contributed by atoms with Crippen LogP contribution in [0.3, 0.4) is 0 Å². The number of aromatic hydroxyl groups is 2. The van der Waals surface area contributed by atoms with Crippen LogP contribution in [0.15, 0.2) is 47.5 Å². The molecule has 0 aliphatic carbocycles. The van der Waals surface area contributed by atoms with Crippen LogP contribution in [0.5, 0.6) is 11.6 Å². The van der Waals surface area contributed by atoms with Gasteiger partial charge in [-0.2, -0.15) is 5.10 Å². The molecular formula is C17H13N5O6. The van der Waals surface area contributed by atoms with Crippen LogP contribution in [0.2, 0.25) is 0 Å². The maximum absolute atomic E-state index is 11.0. The summed E-state index contributed by atoms with van der Waals surface area (Å²) in [6.45, 7) is 1.61. The predicted molar refractivity (Wildman–Crippen MR) is 98.6 cm³/mol. The first kappa shape index (κ1) is 18.5. The average Bonchev–Trinajstić information content (AvgIpc) is 2.95.